The van der Waals surface area contributed by atoms with E-state index in [-0.39, 0.29) is 48.8 Å². The van der Waals surface area contributed by atoms with Gasteiger partial charge in [-0.25, -0.2) is 14.2 Å². The van der Waals surface area contributed by atoms with Crippen molar-refractivity contribution in [1.29, 1.82) is 0 Å². The highest BCUT2D eigenvalue weighted by Crippen LogP contribution is 2.40. The Labute approximate surface area is 187 Å². The van der Waals surface area contributed by atoms with E-state index in [1.807, 2.05) is 0 Å². The molecule has 170 valence electrons. The van der Waals surface area contributed by atoms with Gasteiger partial charge in [-0.15, -0.1) is 0 Å². The number of hydrogen-bond acceptors (Lipinski definition) is 7. The maximum absolute atomic E-state index is 14.2. The van der Waals surface area contributed by atoms with Crippen LogP contribution in [0.2, 0.25) is 0 Å². The molecule has 3 aromatic rings. The van der Waals surface area contributed by atoms with Crippen LogP contribution in [0.15, 0.2) is 23.0 Å². The Morgan fingerprint density at radius 1 is 1.33 bits per heavy atom. The van der Waals surface area contributed by atoms with Gasteiger partial charge in [0.1, 0.15) is 12.4 Å². The van der Waals surface area contributed by atoms with Crippen molar-refractivity contribution in [3.63, 3.8) is 0 Å². The molecule has 0 bridgehead atoms. The minimum Gasteiger partial charge on any atom is -0.458 e. The predicted octanol–water partition coefficient (Wildman–Crippen LogP) is 1.44. The third-order valence-electron chi connectivity index (χ3n) is 6.44. The number of pyridine rings is 2. The summed E-state index contributed by atoms with van der Waals surface area (Å²) in [6, 6.07) is 4.26. The van der Waals surface area contributed by atoms with E-state index < -0.39 is 22.9 Å². The van der Waals surface area contributed by atoms with Crippen molar-refractivity contribution < 1.29 is 23.8 Å². The lowest BCUT2D eigenvalue weighted by Crippen LogP contribution is -2.44. The molecular formula is C23H21FN4O5. The molecule has 2 aliphatic heterocycles. The van der Waals surface area contributed by atoms with E-state index in [2.05, 4.69) is 10.3 Å². The first-order chi connectivity index (χ1) is 15.7. The molecule has 1 amide bonds. The van der Waals surface area contributed by atoms with E-state index in [0.29, 0.717) is 33.4 Å². The number of nitrogens with one attached hydrogen (secondary N) is 1. The molecule has 5 rings (SSSR count). The Morgan fingerprint density at radius 2 is 2.09 bits per heavy atom. The SMILES string of the molecule is CCC1(O)C(=O)OCc2c1cc1n(c2=O)Cc2c-1nc1cc(F)c(N)cc1c2CNC(C)=O. The Kier molecular flexibility index (Phi) is 4.54. The normalized spacial score (nSPS) is 18.5. The number of halogens is 1. The summed E-state index contributed by atoms with van der Waals surface area (Å²) >= 11 is 0. The second kappa shape index (κ2) is 7.11. The first-order valence-electron chi connectivity index (χ1n) is 10.5. The first-order valence-corrected chi connectivity index (χ1v) is 10.5. The molecule has 9 nitrogen and oxygen atoms in total. The van der Waals surface area contributed by atoms with Gasteiger partial charge in [0.2, 0.25) is 5.91 Å². The predicted molar refractivity (Wildman–Crippen MR) is 116 cm³/mol. The number of carbonyl (C=O) groups excluding carboxylic acids is 2. The van der Waals surface area contributed by atoms with Gasteiger partial charge >= 0.3 is 5.97 Å². The second-order valence-corrected chi connectivity index (χ2v) is 8.32. The molecule has 0 spiro atoms. The third-order valence-corrected chi connectivity index (χ3v) is 6.44. The van der Waals surface area contributed by atoms with Crippen molar-refractivity contribution in [2.45, 2.75) is 45.6 Å². The number of nitrogen functional groups attached to an aromatic ring is 1. The van der Waals surface area contributed by atoms with Crippen LogP contribution in [0.25, 0.3) is 22.3 Å². The fraction of sp³-hybridized carbons (Fsp3) is 0.304. The van der Waals surface area contributed by atoms with Crippen LogP contribution in [0.5, 0.6) is 0 Å². The highest BCUT2D eigenvalue weighted by molar-refractivity contribution is 5.91. The van der Waals surface area contributed by atoms with Gasteiger partial charge in [0, 0.05) is 36.0 Å². The molecule has 33 heavy (non-hydrogen) atoms. The molecule has 10 heteroatoms. The quantitative estimate of drug-likeness (QED) is 0.316. The lowest BCUT2D eigenvalue weighted by molar-refractivity contribution is -0.172. The van der Waals surface area contributed by atoms with Gasteiger partial charge in [-0.2, -0.15) is 0 Å². The maximum atomic E-state index is 14.2. The van der Waals surface area contributed by atoms with Crippen molar-refractivity contribution in [3.05, 3.63) is 56.6 Å². The molecule has 0 fully saturated rings. The smallest absolute Gasteiger partial charge is 0.343 e. The van der Waals surface area contributed by atoms with E-state index in [1.54, 1.807) is 13.0 Å². The van der Waals surface area contributed by atoms with Crippen LogP contribution in [0, 0.1) is 5.82 Å². The van der Waals surface area contributed by atoms with Crippen LogP contribution in [-0.2, 0) is 39.6 Å². The number of hydrogen-bond donors (Lipinski definition) is 3. The van der Waals surface area contributed by atoms with Crippen molar-refractivity contribution in [2.75, 3.05) is 5.73 Å². The maximum Gasteiger partial charge on any atom is 0.343 e. The summed E-state index contributed by atoms with van der Waals surface area (Å²) in [6.45, 7) is 3.06. The second-order valence-electron chi connectivity index (χ2n) is 8.32. The molecule has 4 N–H and O–H groups in total. The Bertz CT molecular complexity index is 1450. The van der Waals surface area contributed by atoms with Gasteiger partial charge in [-0.3, -0.25) is 9.59 Å². The number of cyclic esters (lactones) is 1. The largest absolute Gasteiger partial charge is 0.458 e. The number of amides is 1. The van der Waals surface area contributed by atoms with Gasteiger partial charge in [0.05, 0.1) is 34.7 Å². The lowest BCUT2D eigenvalue weighted by Gasteiger charge is -2.31. The van der Waals surface area contributed by atoms with Crippen LogP contribution < -0.4 is 16.6 Å². The van der Waals surface area contributed by atoms with E-state index >= 15 is 0 Å². The molecule has 2 aromatic heterocycles. The average molecular weight is 452 g/mol. The Balaban J connectivity index is 1.81. The number of esters is 1. The molecular weight excluding hydrogens is 431 g/mol. The van der Waals surface area contributed by atoms with Crippen LogP contribution in [0.1, 0.15) is 42.5 Å². The zero-order chi connectivity index (χ0) is 23.7. The first kappa shape index (κ1) is 21.1. The third kappa shape index (κ3) is 2.94. The number of benzene rings is 1. The number of fused-ring (bicyclic) bond motifs is 5. The number of nitrogens with zero attached hydrogens (tertiary/aromatic N) is 2. The Hall–Kier alpha value is -3.79. The zero-order valence-electron chi connectivity index (χ0n) is 18.0. The number of aromatic nitrogens is 2. The molecule has 0 radical (unpaired) electrons. The fourth-order valence-corrected chi connectivity index (χ4v) is 4.61. The van der Waals surface area contributed by atoms with Crippen LogP contribution in [-0.4, -0.2) is 26.5 Å². The number of nitrogens with two attached hydrogens (primary N) is 1. The van der Waals surface area contributed by atoms with Gasteiger partial charge in [0.15, 0.2) is 5.60 Å². The summed E-state index contributed by atoms with van der Waals surface area (Å²) in [4.78, 5) is 41.9. The zero-order valence-corrected chi connectivity index (χ0v) is 18.0. The lowest BCUT2D eigenvalue weighted by atomic mass is 9.86. The number of anilines is 1. The van der Waals surface area contributed by atoms with Gasteiger partial charge in [0.25, 0.3) is 5.56 Å². The molecule has 0 saturated carbocycles. The highest BCUT2D eigenvalue weighted by Gasteiger charge is 2.45. The van der Waals surface area contributed by atoms with Crippen LogP contribution in [0.4, 0.5) is 10.1 Å². The summed E-state index contributed by atoms with van der Waals surface area (Å²) < 4.78 is 20.8. The summed E-state index contributed by atoms with van der Waals surface area (Å²) in [5.74, 6) is -1.70. The minimum absolute atomic E-state index is 0.0258. The van der Waals surface area contributed by atoms with Crippen molar-refractivity contribution in [2.24, 2.45) is 0 Å². The van der Waals surface area contributed by atoms with E-state index in [0.717, 1.165) is 0 Å². The minimum atomic E-state index is -1.94. The summed E-state index contributed by atoms with van der Waals surface area (Å²) in [7, 11) is 0. The van der Waals surface area contributed by atoms with Gasteiger partial charge in [-0.1, -0.05) is 6.92 Å². The van der Waals surface area contributed by atoms with Crippen molar-refractivity contribution in [1.82, 2.24) is 14.9 Å². The van der Waals surface area contributed by atoms with E-state index in [9.17, 15) is 23.9 Å². The average Bonchev–Trinajstić information content (AvgIpc) is 3.14. The highest BCUT2D eigenvalue weighted by atomic mass is 19.1. The van der Waals surface area contributed by atoms with Gasteiger partial charge in [-0.05, 0) is 24.1 Å². The molecule has 1 aromatic carbocycles. The molecule has 2 aliphatic rings. The molecule has 1 unspecified atom stereocenters. The molecule has 1 atom stereocenters. The molecule has 4 heterocycles. The topological polar surface area (TPSA) is 137 Å². The number of ether oxygens (including phenoxy) is 1. The fourth-order valence-electron chi connectivity index (χ4n) is 4.61. The number of carbonyl (C=O) groups is 2. The van der Waals surface area contributed by atoms with Crippen LogP contribution in [0.3, 0.4) is 0 Å². The van der Waals surface area contributed by atoms with Crippen molar-refractivity contribution in [3.8, 4) is 11.4 Å². The monoisotopic (exact) mass is 452 g/mol. The summed E-state index contributed by atoms with van der Waals surface area (Å²) in [6.07, 6.45) is 0.0258. The van der Waals surface area contributed by atoms with Crippen LogP contribution >= 0.6 is 0 Å². The molecule has 0 aliphatic carbocycles. The molecule has 0 saturated heterocycles. The van der Waals surface area contributed by atoms with Gasteiger partial charge < -0.3 is 25.5 Å². The number of aliphatic hydroxyl groups is 1. The van der Waals surface area contributed by atoms with E-state index in [1.165, 1.54) is 23.6 Å². The summed E-state index contributed by atoms with van der Waals surface area (Å²) in [5, 5.41) is 14.3. The number of rotatable bonds is 3. The standard InChI is InChI=1S/C23H21FN4O5/c1-3-23(32)15-5-19-20-13(8-28(19)21(30)14(15)9-33-22(23)31)12(7-26-10(2)29)11-4-17(25)16(24)6-18(11)27-20/h4-6,32H,3,7-9,25H2,1-2H3,(H,26,29). The van der Waals surface area contributed by atoms with E-state index in [4.69, 9.17) is 10.5 Å². The van der Waals surface area contributed by atoms with Crippen molar-refractivity contribution >= 4 is 28.5 Å². The summed E-state index contributed by atoms with van der Waals surface area (Å²) in [5.41, 5.74) is 6.26. The Morgan fingerprint density at radius 3 is 2.79 bits per heavy atom.